The van der Waals surface area contributed by atoms with E-state index in [-0.39, 0.29) is 22.8 Å². The molecular weight excluding hydrogens is 198 g/mol. The second-order valence-electron chi connectivity index (χ2n) is 6.43. The van der Waals surface area contributed by atoms with Crippen molar-refractivity contribution < 1.29 is 4.79 Å². The number of ketones is 1. The van der Waals surface area contributed by atoms with Crippen LogP contribution in [0.25, 0.3) is 0 Å². The van der Waals surface area contributed by atoms with Crippen LogP contribution in [0.4, 0.5) is 0 Å². The maximum atomic E-state index is 12.1. The minimum Gasteiger partial charge on any atom is -0.296 e. The number of piperidine rings is 1. The van der Waals surface area contributed by atoms with Gasteiger partial charge in [0.15, 0.2) is 5.78 Å². The summed E-state index contributed by atoms with van der Waals surface area (Å²) in [6, 6.07) is 0. The molecule has 1 saturated heterocycles. The molecule has 2 nitrogen and oxygen atoms in total. The fraction of sp³-hybridized carbons (Fsp3) is 0.786. The first-order valence-electron chi connectivity index (χ1n) is 6.01. The predicted octanol–water partition coefficient (Wildman–Crippen LogP) is 3.03. The van der Waals surface area contributed by atoms with Gasteiger partial charge in [-0.05, 0) is 60.1 Å². The van der Waals surface area contributed by atoms with E-state index in [0.29, 0.717) is 5.57 Å². The van der Waals surface area contributed by atoms with E-state index in [0.717, 1.165) is 12.8 Å². The van der Waals surface area contributed by atoms with Crippen LogP contribution in [0.1, 0.15) is 47.5 Å². The lowest BCUT2D eigenvalue weighted by molar-refractivity contribution is -0.126. The molecule has 0 N–H and O–H groups in total. The van der Waals surface area contributed by atoms with E-state index in [1.165, 1.54) is 0 Å². The Morgan fingerprint density at radius 1 is 1.19 bits per heavy atom. The van der Waals surface area contributed by atoms with E-state index in [9.17, 15) is 4.79 Å². The minimum absolute atomic E-state index is 0.0809. The number of nitrogens with zero attached hydrogens (tertiary/aromatic N) is 1. The number of hydrogen-bond acceptors (Lipinski definition) is 2. The average molecular weight is 223 g/mol. The fourth-order valence-electron chi connectivity index (χ4n) is 2.91. The zero-order valence-corrected chi connectivity index (χ0v) is 11.6. The van der Waals surface area contributed by atoms with Gasteiger partial charge in [-0.3, -0.25) is 9.69 Å². The number of rotatable bonds is 2. The van der Waals surface area contributed by atoms with Gasteiger partial charge in [-0.25, -0.2) is 0 Å². The monoisotopic (exact) mass is 223 g/mol. The summed E-state index contributed by atoms with van der Waals surface area (Å²) in [5.74, 6) is 0.382. The molecule has 1 aliphatic heterocycles. The Balaban J connectivity index is 2.95. The Morgan fingerprint density at radius 3 is 1.88 bits per heavy atom. The van der Waals surface area contributed by atoms with Gasteiger partial charge >= 0.3 is 0 Å². The molecule has 1 rings (SSSR count). The summed E-state index contributed by atoms with van der Waals surface area (Å²) >= 11 is 0. The summed E-state index contributed by atoms with van der Waals surface area (Å²) in [6.07, 6.45) is 1.86. The first kappa shape index (κ1) is 13.4. The third kappa shape index (κ3) is 2.37. The van der Waals surface area contributed by atoms with E-state index >= 15 is 0 Å². The molecule has 0 saturated carbocycles. The van der Waals surface area contributed by atoms with E-state index in [1.807, 2.05) is 6.92 Å². The largest absolute Gasteiger partial charge is 0.296 e. The first-order chi connectivity index (χ1) is 7.08. The molecule has 0 bridgehead atoms. The molecular formula is C14H25NO. The predicted molar refractivity (Wildman–Crippen MR) is 68.5 cm³/mol. The molecule has 0 aromatic carbocycles. The zero-order chi connectivity index (χ0) is 12.7. The van der Waals surface area contributed by atoms with Gasteiger partial charge in [0.25, 0.3) is 0 Å². The second-order valence-corrected chi connectivity index (χ2v) is 6.43. The highest BCUT2D eigenvalue weighted by Gasteiger charge is 2.44. The van der Waals surface area contributed by atoms with Crippen LogP contribution in [0.3, 0.4) is 0 Å². The quantitative estimate of drug-likeness (QED) is 0.671. The van der Waals surface area contributed by atoms with Crippen LogP contribution in [-0.4, -0.2) is 28.8 Å². The van der Waals surface area contributed by atoms with Crippen LogP contribution in [0.5, 0.6) is 0 Å². The maximum absolute atomic E-state index is 12.1. The number of hydrogen-bond donors (Lipinski definition) is 0. The van der Waals surface area contributed by atoms with Crippen molar-refractivity contribution in [3.8, 4) is 0 Å². The van der Waals surface area contributed by atoms with Gasteiger partial charge in [-0.1, -0.05) is 6.58 Å². The number of carbonyl (C=O) groups is 1. The maximum Gasteiger partial charge on any atom is 0.161 e. The molecule has 0 amide bonds. The van der Waals surface area contributed by atoms with Gasteiger partial charge < -0.3 is 0 Å². The van der Waals surface area contributed by atoms with E-state index in [2.05, 4.69) is 46.2 Å². The van der Waals surface area contributed by atoms with Gasteiger partial charge in [0.2, 0.25) is 0 Å². The normalized spacial score (nSPS) is 25.4. The van der Waals surface area contributed by atoms with Crippen molar-refractivity contribution in [1.82, 2.24) is 4.90 Å². The summed E-state index contributed by atoms with van der Waals surface area (Å²) < 4.78 is 0. The molecule has 92 valence electrons. The van der Waals surface area contributed by atoms with Gasteiger partial charge in [0.05, 0.1) is 0 Å². The molecule has 0 aromatic heterocycles. The summed E-state index contributed by atoms with van der Waals surface area (Å²) in [6.45, 7) is 14.5. The Bertz CT molecular complexity index is 297. The second kappa shape index (κ2) is 3.99. The number of likely N-dealkylation sites (tertiary alicyclic amines) is 1. The number of allylic oxidation sites excluding steroid dienone is 1. The highest BCUT2D eigenvalue weighted by atomic mass is 16.1. The molecule has 0 aliphatic carbocycles. The number of Topliss-reactive ketones (excluding diaryl/α,β-unsaturated/α-hetero) is 1. The van der Waals surface area contributed by atoms with Crippen LogP contribution in [0.2, 0.25) is 0 Å². The molecule has 0 aromatic rings. The lowest BCUT2D eigenvalue weighted by Crippen LogP contribution is -2.59. The van der Waals surface area contributed by atoms with Gasteiger partial charge in [0, 0.05) is 17.0 Å². The van der Waals surface area contributed by atoms with Crippen molar-refractivity contribution in [3.05, 3.63) is 12.2 Å². The molecule has 1 fully saturated rings. The van der Waals surface area contributed by atoms with Crippen LogP contribution >= 0.6 is 0 Å². The van der Waals surface area contributed by atoms with E-state index < -0.39 is 0 Å². The molecule has 1 heterocycles. The SMILES string of the molecule is C=C(C)C(=O)C1CC(C)(C)N(C)C(C)(C)C1. The fourth-order valence-corrected chi connectivity index (χ4v) is 2.91. The van der Waals surface area contributed by atoms with Crippen LogP contribution in [0, 0.1) is 5.92 Å². The van der Waals surface area contributed by atoms with E-state index in [1.54, 1.807) is 0 Å². The van der Waals surface area contributed by atoms with Crippen LogP contribution < -0.4 is 0 Å². The Morgan fingerprint density at radius 2 is 1.56 bits per heavy atom. The third-order valence-electron chi connectivity index (χ3n) is 4.10. The van der Waals surface area contributed by atoms with Crippen molar-refractivity contribution >= 4 is 5.78 Å². The Labute approximate surface area is 99.7 Å². The molecule has 0 unspecified atom stereocenters. The summed E-state index contributed by atoms with van der Waals surface area (Å²) in [5.41, 5.74) is 0.857. The summed E-state index contributed by atoms with van der Waals surface area (Å²) in [5, 5.41) is 0. The van der Waals surface area contributed by atoms with Crippen LogP contribution in [0.15, 0.2) is 12.2 Å². The topological polar surface area (TPSA) is 20.3 Å². The van der Waals surface area contributed by atoms with Crippen molar-refractivity contribution in [3.63, 3.8) is 0 Å². The average Bonchev–Trinajstić information content (AvgIpc) is 2.11. The molecule has 1 aliphatic rings. The lowest BCUT2D eigenvalue weighted by Gasteiger charge is -2.53. The summed E-state index contributed by atoms with van der Waals surface area (Å²) in [4.78, 5) is 14.5. The van der Waals surface area contributed by atoms with Crippen molar-refractivity contribution in [1.29, 1.82) is 0 Å². The summed E-state index contributed by atoms with van der Waals surface area (Å²) in [7, 11) is 2.15. The Kier molecular flexibility index (Phi) is 3.35. The highest BCUT2D eigenvalue weighted by Crippen LogP contribution is 2.40. The lowest BCUT2D eigenvalue weighted by atomic mass is 9.72. The van der Waals surface area contributed by atoms with Crippen LogP contribution in [-0.2, 0) is 4.79 Å². The highest BCUT2D eigenvalue weighted by molar-refractivity contribution is 5.96. The molecule has 0 spiro atoms. The smallest absolute Gasteiger partial charge is 0.161 e. The first-order valence-corrected chi connectivity index (χ1v) is 6.01. The van der Waals surface area contributed by atoms with Crippen molar-refractivity contribution in [2.45, 2.75) is 58.5 Å². The standard InChI is InChI=1S/C14H25NO/c1-10(2)12(16)11-8-13(3,4)15(7)14(5,6)9-11/h11H,1,8-9H2,2-7H3. The minimum atomic E-state index is 0.0809. The van der Waals surface area contributed by atoms with Gasteiger partial charge in [-0.2, -0.15) is 0 Å². The van der Waals surface area contributed by atoms with Crippen molar-refractivity contribution in [2.75, 3.05) is 7.05 Å². The molecule has 16 heavy (non-hydrogen) atoms. The molecule has 0 atom stereocenters. The third-order valence-corrected chi connectivity index (χ3v) is 4.10. The number of carbonyl (C=O) groups excluding carboxylic acids is 1. The van der Waals surface area contributed by atoms with E-state index in [4.69, 9.17) is 0 Å². The van der Waals surface area contributed by atoms with Crippen molar-refractivity contribution in [2.24, 2.45) is 5.92 Å². The zero-order valence-electron chi connectivity index (χ0n) is 11.6. The molecule has 2 heteroatoms. The van der Waals surface area contributed by atoms with Gasteiger partial charge in [0.1, 0.15) is 0 Å². The Hall–Kier alpha value is -0.630. The molecule has 0 radical (unpaired) electrons. The van der Waals surface area contributed by atoms with Gasteiger partial charge in [-0.15, -0.1) is 0 Å².